The van der Waals surface area contributed by atoms with Crippen molar-refractivity contribution in [3.05, 3.63) is 26.4 Å². The molecule has 0 radical (unpaired) electrons. The molecular formula is C12H20N2O3. The van der Waals surface area contributed by atoms with Crippen molar-refractivity contribution in [3.8, 4) is 5.88 Å². The molecule has 1 rings (SSSR count). The summed E-state index contributed by atoms with van der Waals surface area (Å²) in [4.78, 5) is 24.9. The monoisotopic (exact) mass is 240 g/mol. The first-order valence-electron chi connectivity index (χ1n) is 5.96. The Morgan fingerprint density at radius 1 is 1.29 bits per heavy atom. The molecule has 0 amide bonds. The van der Waals surface area contributed by atoms with Crippen LogP contribution in [0.5, 0.6) is 5.88 Å². The Kier molecular flexibility index (Phi) is 4.54. The third-order valence-corrected chi connectivity index (χ3v) is 2.81. The average molecular weight is 240 g/mol. The van der Waals surface area contributed by atoms with Crippen molar-refractivity contribution in [1.29, 1.82) is 0 Å². The molecule has 0 aliphatic heterocycles. The molecule has 17 heavy (non-hydrogen) atoms. The number of rotatable bonds is 5. The maximum atomic E-state index is 11.5. The molecule has 1 heterocycles. The van der Waals surface area contributed by atoms with Crippen LogP contribution in [-0.2, 0) is 6.54 Å². The van der Waals surface area contributed by atoms with Gasteiger partial charge in [0, 0.05) is 6.54 Å². The van der Waals surface area contributed by atoms with Gasteiger partial charge in [-0.15, -0.1) is 0 Å². The summed E-state index contributed by atoms with van der Waals surface area (Å²) in [6.07, 6.45) is 2.91. The second-order valence-corrected chi connectivity index (χ2v) is 4.75. The molecule has 1 aromatic rings. The van der Waals surface area contributed by atoms with E-state index >= 15 is 0 Å². The lowest BCUT2D eigenvalue weighted by Crippen LogP contribution is -2.31. The number of hydrogen-bond donors (Lipinski definition) is 2. The van der Waals surface area contributed by atoms with Crippen LogP contribution < -0.4 is 11.2 Å². The molecule has 0 spiro atoms. The van der Waals surface area contributed by atoms with E-state index in [1.54, 1.807) is 0 Å². The number of unbranched alkanes of at least 4 members (excludes halogenated alkanes) is 1. The maximum Gasteiger partial charge on any atom is 0.331 e. The van der Waals surface area contributed by atoms with Crippen molar-refractivity contribution < 1.29 is 5.11 Å². The highest BCUT2D eigenvalue weighted by Gasteiger charge is 2.09. The lowest BCUT2D eigenvalue weighted by Gasteiger charge is -2.09. The van der Waals surface area contributed by atoms with Gasteiger partial charge < -0.3 is 5.11 Å². The number of aromatic nitrogens is 2. The number of hydrogen-bond acceptors (Lipinski definition) is 3. The van der Waals surface area contributed by atoms with E-state index in [0.29, 0.717) is 12.5 Å². The van der Waals surface area contributed by atoms with Crippen LogP contribution in [0.1, 0.15) is 38.7 Å². The zero-order chi connectivity index (χ0) is 13.0. The third-order valence-electron chi connectivity index (χ3n) is 2.81. The van der Waals surface area contributed by atoms with Gasteiger partial charge in [0.15, 0.2) is 0 Å². The first-order chi connectivity index (χ1) is 7.93. The Hall–Kier alpha value is -1.52. The molecule has 0 atom stereocenters. The molecule has 0 saturated carbocycles. The van der Waals surface area contributed by atoms with Crippen molar-refractivity contribution in [1.82, 2.24) is 9.55 Å². The summed E-state index contributed by atoms with van der Waals surface area (Å²) in [6, 6.07) is 0. The predicted molar refractivity (Wildman–Crippen MR) is 66.4 cm³/mol. The topological polar surface area (TPSA) is 75.1 Å². The lowest BCUT2D eigenvalue weighted by molar-refractivity contribution is 0.386. The number of nitrogens with one attached hydrogen (secondary N) is 1. The van der Waals surface area contributed by atoms with Crippen molar-refractivity contribution in [3.63, 3.8) is 0 Å². The SMILES string of the molecule is Cc1c(O)n(CCCCC(C)C)c(=O)[nH]c1=O. The summed E-state index contributed by atoms with van der Waals surface area (Å²) >= 11 is 0. The summed E-state index contributed by atoms with van der Waals surface area (Å²) in [5.41, 5.74) is -0.873. The molecule has 2 N–H and O–H groups in total. The normalized spacial score (nSPS) is 11.1. The first kappa shape index (κ1) is 13.5. The molecule has 0 aliphatic carbocycles. The second-order valence-electron chi connectivity index (χ2n) is 4.75. The van der Waals surface area contributed by atoms with Gasteiger partial charge in [0.2, 0.25) is 5.88 Å². The van der Waals surface area contributed by atoms with Crippen LogP contribution in [0.4, 0.5) is 0 Å². The summed E-state index contributed by atoms with van der Waals surface area (Å²) in [6.45, 7) is 6.23. The van der Waals surface area contributed by atoms with Crippen LogP contribution in [0.15, 0.2) is 9.59 Å². The van der Waals surface area contributed by atoms with E-state index in [1.807, 2.05) is 0 Å². The van der Waals surface area contributed by atoms with Crippen LogP contribution in [0.3, 0.4) is 0 Å². The van der Waals surface area contributed by atoms with Crippen LogP contribution >= 0.6 is 0 Å². The van der Waals surface area contributed by atoms with E-state index in [1.165, 1.54) is 11.5 Å². The van der Waals surface area contributed by atoms with Gasteiger partial charge in [0.25, 0.3) is 5.56 Å². The van der Waals surface area contributed by atoms with Gasteiger partial charge in [-0.05, 0) is 19.3 Å². The number of aromatic hydroxyl groups is 1. The lowest BCUT2D eigenvalue weighted by atomic mass is 10.1. The van der Waals surface area contributed by atoms with Crippen molar-refractivity contribution in [2.45, 2.75) is 46.6 Å². The molecule has 0 fully saturated rings. The smallest absolute Gasteiger partial charge is 0.331 e. The van der Waals surface area contributed by atoms with Crippen LogP contribution in [0.25, 0.3) is 0 Å². The largest absolute Gasteiger partial charge is 0.494 e. The summed E-state index contributed by atoms with van der Waals surface area (Å²) in [7, 11) is 0. The summed E-state index contributed by atoms with van der Waals surface area (Å²) < 4.78 is 1.22. The van der Waals surface area contributed by atoms with E-state index in [4.69, 9.17) is 0 Å². The number of H-pyrrole nitrogens is 1. The highest BCUT2D eigenvalue weighted by molar-refractivity contribution is 5.20. The van der Waals surface area contributed by atoms with Gasteiger partial charge in [-0.2, -0.15) is 0 Å². The molecule has 5 nitrogen and oxygen atoms in total. The minimum Gasteiger partial charge on any atom is -0.494 e. The Labute approximate surface area is 100 Å². The fraction of sp³-hybridized carbons (Fsp3) is 0.667. The molecule has 1 aromatic heterocycles. The fourth-order valence-corrected chi connectivity index (χ4v) is 1.69. The van der Waals surface area contributed by atoms with Crippen LogP contribution in [-0.4, -0.2) is 14.7 Å². The second kappa shape index (κ2) is 5.70. The minimum atomic E-state index is -0.539. The zero-order valence-electron chi connectivity index (χ0n) is 10.6. The van der Waals surface area contributed by atoms with Gasteiger partial charge in [0.1, 0.15) is 0 Å². The standard InChI is InChI=1S/C12H20N2O3/c1-8(2)6-4-5-7-14-11(16)9(3)10(15)13-12(14)17/h8,16H,4-7H2,1-3H3,(H,13,15,17). The molecule has 0 saturated heterocycles. The van der Waals surface area contributed by atoms with Crippen molar-refractivity contribution in [2.24, 2.45) is 5.92 Å². The highest BCUT2D eigenvalue weighted by Crippen LogP contribution is 2.11. The minimum absolute atomic E-state index is 0.188. The molecule has 0 aliphatic rings. The fourth-order valence-electron chi connectivity index (χ4n) is 1.69. The van der Waals surface area contributed by atoms with Crippen molar-refractivity contribution >= 4 is 0 Å². The van der Waals surface area contributed by atoms with E-state index in [2.05, 4.69) is 18.8 Å². The molecule has 0 bridgehead atoms. The Morgan fingerprint density at radius 3 is 2.53 bits per heavy atom. The first-order valence-corrected chi connectivity index (χ1v) is 5.96. The number of nitrogens with zero attached hydrogens (tertiary/aromatic N) is 1. The quantitative estimate of drug-likeness (QED) is 0.763. The predicted octanol–water partition coefficient (Wildman–Crippen LogP) is 1.38. The zero-order valence-corrected chi connectivity index (χ0v) is 10.6. The summed E-state index contributed by atoms with van der Waals surface area (Å²) in [5, 5.41) is 9.71. The van der Waals surface area contributed by atoms with Gasteiger partial charge in [-0.1, -0.05) is 26.7 Å². The van der Waals surface area contributed by atoms with E-state index in [-0.39, 0.29) is 11.4 Å². The van der Waals surface area contributed by atoms with Gasteiger partial charge in [-0.25, -0.2) is 4.79 Å². The molecular weight excluding hydrogens is 220 g/mol. The van der Waals surface area contributed by atoms with Crippen LogP contribution in [0, 0.1) is 12.8 Å². The Balaban J connectivity index is 2.75. The Bertz CT molecular complexity index is 486. The maximum absolute atomic E-state index is 11.5. The third kappa shape index (κ3) is 3.47. The van der Waals surface area contributed by atoms with Gasteiger partial charge in [-0.3, -0.25) is 14.3 Å². The van der Waals surface area contributed by atoms with Gasteiger partial charge in [0.05, 0.1) is 5.56 Å². The van der Waals surface area contributed by atoms with E-state index < -0.39 is 11.2 Å². The highest BCUT2D eigenvalue weighted by atomic mass is 16.3. The van der Waals surface area contributed by atoms with Crippen molar-refractivity contribution in [2.75, 3.05) is 0 Å². The Morgan fingerprint density at radius 2 is 1.94 bits per heavy atom. The van der Waals surface area contributed by atoms with Gasteiger partial charge >= 0.3 is 5.69 Å². The molecule has 96 valence electrons. The van der Waals surface area contributed by atoms with E-state index in [0.717, 1.165) is 19.3 Å². The summed E-state index contributed by atoms with van der Waals surface area (Å²) in [5.74, 6) is 0.418. The van der Waals surface area contributed by atoms with E-state index in [9.17, 15) is 14.7 Å². The number of aromatic amines is 1. The average Bonchev–Trinajstić information content (AvgIpc) is 2.24. The molecule has 0 unspecified atom stereocenters. The molecule has 5 heteroatoms. The molecule has 0 aromatic carbocycles. The van der Waals surface area contributed by atoms with Crippen LogP contribution in [0.2, 0.25) is 0 Å².